The normalized spacial score (nSPS) is 15.1. The molecule has 16 heavy (non-hydrogen) atoms. The Morgan fingerprint density at radius 2 is 2.00 bits per heavy atom. The number of nitrogens with two attached hydrogens (primary N) is 1. The molecule has 2 atom stereocenters. The minimum absolute atomic E-state index is 0.283. The molecule has 0 amide bonds. The highest BCUT2D eigenvalue weighted by molar-refractivity contribution is 9.10. The van der Waals surface area contributed by atoms with E-state index in [2.05, 4.69) is 59.9 Å². The van der Waals surface area contributed by atoms with Crippen LogP contribution < -0.4 is 5.73 Å². The fourth-order valence-electron chi connectivity index (χ4n) is 1.85. The fraction of sp³-hybridized carbons (Fsp3) is 0.538. The van der Waals surface area contributed by atoms with Gasteiger partial charge in [0.1, 0.15) is 0 Å². The van der Waals surface area contributed by atoms with Gasteiger partial charge in [0.05, 0.1) is 0 Å². The summed E-state index contributed by atoms with van der Waals surface area (Å²) in [6.07, 6.45) is 1.14. The van der Waals surface area contributed by atoms with Gasteiger partial charge in [0.25, 0.3) is 0 Å². The standard InChI is InChI=1S/C13H21BrN2/c1-4-10(2)16(3)13(9-15)11-7-5-6-8-12(11)14/h5-8,10,13H,4,9,15H2,1-3H3. The summed E-state index contributed by atoms with van der Waals surface area (Å²) in [5, 5.41) is 0. The molecular formula is C13H21BrN2. The lowest BCUT2D eigenvalue weighted by Gasteiger charge is -2.32. The topological polar surface area (TPSA) is 29.3 Å². The molecule has 0 aromatic heterocycles. The zero-order valence-electron chi connectivity index (χ0n) is 10.3. The molecule has 2 nitrogen and oxygen atoms in total. The van der Waals surface area contributed by atoms with Gasteiger partial charge in [-0.15, -0.1) is 0 Å². The maximum absolute atomic E-state index is 5.90. The van der Waals surface area contributed by atoms with E-state index in [0.717, 1.165) is 10.9 Å². The van der Waals surface area contributed by atoms with Gasteiger partial charge in [-0.2, -0.15) is 0 Å². The van der Waals surface area contributed by atoms with Crippen molar-refractivity contribution in [1.29, 1.82) is 0 Å². The predicted octanol–water partition coefficient (Wildman–Crippen LogP) is 3.18. The van der Waals surface area contributed by atoms with Gasteiger partial charge in [-0.05, 0) is 32.0 Å². The second-order valence-electron chi connectivity index (χ2n) is 4.20. The number of hydrogen-bond donors (Lipinski definition) is 1. The van der Waals surface area contributed by atoms with Crippen molar-refractivity contribution in [2.24, 2.45) is 5.73 Å². The van der Waals surface area contributed by atoms with Gasteiger partial charge in [-0.1, -0.05) is 41.1 Å². The van der Waals surface area contributed by atoms with Crippen LogP contribution in [0.4, 0.5) is 0 Å². The largest absolute Gasteiger partial charge is 0.329 e. The van der Waals surface area contributed by atoms with Gasteiger partial charge in [0.15, 0.2) is 0 Å². The quantitative estimate of drug-likeness (QED) is 0.900. The molecule has 2 N–H and O–H groups in total. The monoisotopic (exact) mass is 284 g/mol. The summed E-state index contributed by atoms with van der Waals surface area (Å²) in [5.74, 6) is 0. The average molecular weight is 285 g/mol. The van der Waals surface area contributed by atoms with Crippen LogP contribution in [-0.4, -0.2) is 24.5 Å². The van der Waals surface area contributed by atoms with Crippen LogP contribution in [0.25, 0.3) is 0 Å². The molecule has 0 saturated heterocycles. The van der Waals surface area contributed by atoms with Crippen molar-refractivity contribution in [2.45, 2.75) is 32.4 Å². The summed E-state index contributed by atoms with van der Waals surface area (Å²) < 4.78 is 1.14. The van der Waals surface area contributed by atoms with Gasteiger partial charge < -0.3 is 5.73 Å². The highest BCUT2D eigenvalue weighted by Crippen LogP contribution is 2.27. The van der Waals surface area contributed by atoms with Crippen molar-refractivity contribution >= 4 is 15.9 Å². The van der Waals surface area contributed by atoms with Crippen molar-refractivity contribution in [3.8, 4) is 0 Å². The summed E-state index contributed by atoms with van der Waals surface area (Å²) in [4.78, 5) is 2.35. The average Bonchev–Trinajstić information content (AvgIpc) is 2.31. The Labute approximate surface area is 107 Å². The minimum Gasteiger partial charge on any atom is -0.329 e. The molecule has 0 aliphatic heterocycles. The van der Waals surface area contributed by atoms with Crippen LogP contribution in [-0.2, 0) is 0 Å². The van der Waals surface area contributed by atoms with Crippen molar-refractivity contribution in [3.63, 3.8) is 0 Å². The van der Waals surface area contributed by atoms with Crippen molar-refractivity contribution in [2.75, 3.05) is 13.6 Å². The molecule has 1 aromatic carbocycles. The van der Waals surface area contributed by atoms with Crippen molar-refractivity contribution < 1.29 is 0 Å². The molecule has 90 valence electrons. The van der Waals surface area contributed by atoms with Crippen LogP contribution >= 0.6 is 15.9 Å². The first-order valence-electron chi connectivity index (χ1n) is 5.78. The lowest BCUT2D eigenvalue weighted by molar-refractivity contribution is 0.184. The van der Waals surface area contributed by atoms with Gasteiger partial charge in [-0.3, -0.25) is 4.90 Å². The lowest BCUT2D eigenvalue weighted by Crippen LogP contribution is -2.36. The molecule has 0 aliphatic rings. The number of halogens is 1. The number of nitrogens with zero attached hydrogens (tertiary/aromatic N) is 1. The van der Waals surface area contributed by atoms with Gasteiger partial charge in [-0.25, -0.2) is 0 Å². The third-order valence-electron chi connectivity index (χ3n) is 3.27. The maximum atomic E-state index is 5.90. The first-order valence-corrected chi connectivity index (χ1v) is 6.57. The van der Waals surface area contributed by atoms with E-state index in [1.165, 1.54) is 5.56 Å². The summed E-state index contributed by atoms with van der Waals surface area (Å²) in [6, 6.07) is 9.13. The zero-order valence-corrected chi connectivity index (χ0v) is 11.9. The summed E-state index contributed by atoms with van der Waals surface area (Å²) >= 11 is 3.59. The second-order valence-corrected chi connectivity index (χ2v) is 5.05. The highest BCUT2D eigenvalue weighted by Gasteiger charge is 2.20. The highest BCUT2D eigenvalue weighted by atomic mass is 79.9. The second kappa shape index (κ2) is 6.38. The fourth-order valence-corrected chi connectivity index (χ4v) is 2.40. The summed E-state index contributed by atoms with van der Waals surface area (Å²) in [7, 11) is 2.14. The summed E-state index contributed by atoms with van der Waals surface area (Å²) in [6.45, 7) is 5.08. The van der Waals surface area contributed by atoms with E-state index in [4.69, 9.17) is 5.73 Å². The van der Waals surface area contributed by atoms with E-state index < -0.39 is 0 Å². The Kier molecular flexibility index (Phi) is 5.46. The number of hydrogen-bond acceptors (Lipinski definition) is 2. The van der Waals surface area contributed by atoms with Crippen LogP contribution in [0.3, 0.4) is 0 Å². The first-order chi connectivity index (χ1) is 7.61. The van der Waals surface area contributed by atoms with Gasteiger partial charge in [0.2, 0.25) is 0 Å². The first kappa shape index (κ1) is 13.7. The predicted molar refractivity (Wildman–Crippen MR) is 73.5 cm³/mol. The molecule has 0 fully saturated rings. The van der Waals surface area contributed by atoms with E-state index in [1.54, 1.807) is 0 Å². The Hall–Kier alpha value is -0.380. The smallest absolute Gasteiger partial charge is 0.0481 e. The Bertz CT molecular complexity index is 327. The molecule has 0 saturated carbocycles. The Balaban J connectivity index is 2.94. The van der Waals surface area contributed by atoms with Crippen LogP contribution in [0.2, 0.25) is 0 Å². The van der Waals surface area contributed by atoms with E-state index in [-0.39, 0.29) is 6.04 Å². The Morgan fingerprint density at radius 1 is 1.38 bits per heavy atom. The molecule has 0 radical (unpaired) electrons. The minimum atomic E-state index is 0.283. The maximum Gasteiger partial charge on any atom is 0.0481 e. The molecule has 0 heterocycles. The molecule has 0 bridgehead atoms. The lowest BCUT2D eigenvalue weighted by atomic mass is 10.0. The third-order valence-corrected chi connectivity index (χ3v) is 3.99. The molecule has 0 aliphatic carbocycles. The van der Waals surface area contributed by atoms with Crippen molar-refractivity contribution in [3.05, 3.63) is 34.3 Å². The molecular weight excluding hydrogens is 264 g/mol. The SMILES string of the molecule is CCC(C)N(C)C(CN)c1ccccc1Br. The molecule has 1 rings (SSSR count). The third kappa shape index (κ3) is 3.06. The van der Waals surface area contributed by atoms with Gasteiger partial charge >= 0.3 is 0 Å². The van der Waals surface area contributed by atoms with Crippen LogP contribution in [0, 0.1) is 0 Å². The van der Waals surface area contributed by atoms with Crippen LogP contribution in [0.5, 0.6) is 0 Å². The van der Waals surface area contributed by atoms with E-state index >= 15 is 0 Å². The van der Waals surface area contributed by atoms with E-state index in [0.29, 0.717) is 12.6 Å². The van der Waals surface area contributed by atoms with E-state index in [1.807, 2.05) is 6.07 Å². The Morgan fingerprint density at radius 3 is 2.50 bits per heavy atom. The van der Waals surface area contributed by atoms with Crippen molar-refractivity contribution in [1.82, 2.24) is 4.90 Å². The van der Waals surface area contributed by atoms with Crippen LogP contribution in [0.15, 0.2) is 28.7 Å². The van der Waals surface area contributed by atoms with Crippen LogP contribution in [0.1, 0.15) is 31.9 Å². The zero-order chi connectivity index (χ0) is 12.1. The summed E-state index contributed by atoms with van der Waals surface area (Å²) in [5.41, 5.74) is 7.18. The molecule has 2 unspecified atom stereocenters. The van der Waals surface area contributed by atoms with E-state index in [9.17, 15) is 0 Å². The number of rotatable bonds is 5. The number of likely N-dealkylation sites (N-methyl/N-ethyl adjacent to an activating group) is 1. The van der Waals surface area contributed by atoms with Gasteiger partial charge in [0, 0.05) is 23.1 Å². The molecule has 1 aromatic rings. The number of benzene rings is 1. The molecule has 3 heteroatoms. The molecule has 0 spiro atoms.